The van der Waals surface area contributed by atoms with Crippen molar-refractivity contribution in [2.24, 2.45) is 11.0 Å². The number of hydrazone groups is 1. The molecule has 1 aromatic carbocycles. The largest absolute Gasteiger partial charge is 0.341 e. The standard InChI is InChI=1S/C24H25F3N6O2/c25-17-10-16(11-18(26)12-17)21-4-5-29-33(21)24(35)32-8-6-31(7-9-32)23-28-14-19(27)20(30-23)13-22(34)15-2-1-3-15/h5,10-12,14-15,21H,1-4,6-9,13H2/t21-/m0/s1. The Morgan fingerprint density at radius 2 is 1.71 bits per heavy atom. The number of amides is 2. The molecule has 0 N–H and O–H groups in total. The van der Waals surface area contributed by atoms with Crippen molar-refractivity contribution in [1.29, 1.82) is 0 Å². The van der Waals surface area contributed by atoms with Crippen molar-refractivity contribution in [3.05, 3.63) is 53.1 Å². The average molecular weight is 486 g/mol. The number of benzene rings is 1. The highest BCUT2D eigenvalue weighted by molar-refractivity contribution is 5.83. The number of carbonyl (C=O) groups excluding carboxylic acids is 2. The van der Waals surface area contributed by atoms with Crippen molar-refractivity contribution >= 4 is 24.0 Å². The Morgan fingerprint density at radius 1 is 1.00 bits per heavy atom. The number of hydrogen-bond acceptors (Lipinski definition) is 6. The Balaban J connectivity index is 1.22. The van der Waals surface area contributed by atoms with Crippen LogP contribution >= 0.6 is 0 Å². The predicted molar refractivity (Wildman–Crippen MR) is 121 cm³/mol. The van der Waals surface area contributed by atoms with E-state index in [9.17, 15) is 22.8 Å². The van der Waals surface area contributed by atoms with Gasteiger partial charge < -0.3 is 9.80 Å². The molecule has 2 aromatic rings. The molecule has 3 aliphatic rings. The maximum absolute atomic E-state index is 14.2. The first-order valence-electron chi connectivity index (χ1n) is 11.7. The second-order valence-electron chi connectivity index (χ2n) is 9.09. The van der Waals surface area contributed by atoms with E-state index < -0.39 is 23.5 Å². The maximum atomic E-state index is 14.2. The van der Waals surface area contributed by atoms with E-state index in [1.54, 1.807) is 11.1 Å². The molecule has 11 heteroatoms. The van der Waals surface area contributed by atoms with Gasteiger partial charge in [0.15, 0.2) is 5.82 Å². The predicted octanol–water partition coefficient (Wildman–Crippen LogP) is 3.48. The normalized spacial score (nSPS) is 20.3. The van der Waals surface area contributed by atoms with Crippen molar-refractivity contribution in [3.63, 3.8) is 0 Å². The maximum Gasteiger partial charge on any atom is 0.341 e. The Labute approximate surface area is 200 Å². The van der Waals surface area contributed by atoms with Gasteiger partial charge in [-0.3, -0.25) is 4.79 Å². The van der Waals surface area contributed by atoms with Crippen LogP contribution in [-0.4, -0.2) is 64.1 Å². The van der Waals surface area contributed by atoms with E-state index in [1.165, 1.54) is 17.1 Å². The fraction of sp³-hybridized carbons (Fsp3) is 0.458. The van der Waals surface area contributed by atoms with Gasteiger partial charge in [0.25, 0.3) is 0 Å². The zero-order valence-corrected chi connectivity index (χ0v) is 19.0. The summed E-state index contributed by atoms with van der Waals surface area (Å²) < 4.78 is 41.6. The van der Waals surface area contributed by atoms with Crippen LogP contribution in [0, 0.1) is 23.4 Å². The summed E-state index contributed by atoms with van der Waals surface area (Å²) in [6.45, 7) is 1.49. The molecule has 1 saturated carbocycles. The van der Waals surface area contributed by atoms with Gasteiger partial charge in [-0.2, -0.15) is 5.10 Å². The quantitative estimate of drug-likeness (QED) is 0.647. The first-order chi connectivity index (χ1) is 16.9. The van der Waals surface area contributed by atoms with Crippen LogP contribution < -0.4 is 4.90 Å². The molecule has 1 aromatic heterocycles. The Bertz CT molecular complexity index is 1140. The zero-order chi connectivity index (χ0) is 24.5. The van der Waals surface area contributed by atoms with E-state index in [0.29, 0.717) is 44.1 Å². The molecule has 2 fully saturated rings. The highest BCUT2D eigenvalue weighted by Crippen LogP contribution is 2.31. The van der Waals surface area contributed by atoms with Crippen LogP contribution in [-0.2, 0) is 11.2 Å². The Hall–Kier alpha value is -3.50. The van der Waals surface area contributed by atoms with E-state index in [-0.39, 0.29) is 29.8 Å². The number of halogens is 3. The summed E-state index contributed by atoms with van der Waals surface area (Å²) in [6.07, 6.45) is 5.69. The molecular formula is C24H25F3N6O2. The van der Waals surface area contributed by atoms with Crippen LogP contribution in [0.1, 0.15) is 43.0 Å². The molecule has 1 atom stereocenters. The van der Waals surface area contributed by atoms with Crippen molar-refractivity contribution in [3.8, 4) is 0 Å². The summed E-state index contributed by atoms with van der Waals surface area (Å²) in [7, 11) is 0. The monoisotopic (exact) mass is 486 g/mol. The summed E-state index contributed by atoms with van der Waals surface area (Å²) in [5.41, 5.74) is 0.442. The third-order valence-corrected chi connectivity index (χ3v) is 6.83. The number of aromatic nitrogens is 2. The van der Waals surface area contributed by atoms with Crippen LogP contribution in [0.25, 0.3) is 0 Å². The summed E-state index contributed by atoms with van der Waals surface area (Å²) in [5, 5.41) is 5.39. The minimum absolute atomic E-state index is 0.00307. The van der Waals surface area contributed by atoms with Crippen molar-refractivity contribution in [2.45, 2.75) is 38.1 Å². The summed E-state index contributed by atoms with van der Waals surface area (Å²) in [4.78, 5) is 37.3. The summed E-state index contributed by atoms with van der Waals surface area (Å²) in [6, 6.07) is 2.26. The van der Waals surface area contributed by atoms with Gasteiger partial charge in [-0.05, 0) is 30.5 Å². The van der Waals surface area contributed by atoms with Gasteiger partial charge in [-0.15, -0.1) is 0 Å². The lowest BCUT2D eigenvalue weighted by atomic mass is 9.81. The van der Waals surface area contributed by atoms with Gasteiger partial charge in [0.05, 0.1) is 24.4 Å². The molecule has 1 saturated heterocycles. The topological polar surface area (TPSA) is 82.0 Å². The van der Waals surface area contributed by atoms with Crippen LogP contribution in [0.2, 0.25) is 0 Å². The third kappa shape index (κ3) is 4.85. The minimum atomic E-state index is -0.707. The number of ketones is 1. The molecule has 2 amide bonds. The molecule has 5 rings (SSSR count). The van der Waals surface area contributed by atoms with E-state index in [0.717, 1.165) is 31.5 Å². The number of rotatable bonds is 5. The first-order valence-corrected chi connectivity index (χ1v) is 11.7. The molecule has 184 valence electrons. The van der Waals surface area contributed by atoms with E-state index >= 15 is 0 Å². The fourth-order valence-electron chi connectivity index (χ4n) is 4.59. The Morgan fingerprint density at radius 3 is 2.37 bits per heavy atom. The Kier molecular flexibility index (Phi) is 6.40. The third-order valence-electron chi connectivity index (χ3n) is 6.83. The lowest BCUT2D eigenvalue weighted by Gasteiger charge is -2.37. The minimum Gasteiger partial charge on any atom is -0.337 e. The van der Waals surface area contributed by atoms with E-state index in [1.807, 2.05) is 4.90 Å². The second-order valence-corrected chi connectivity index (χ2v) is 9.09. The van der Waals surface area contributed by atoms with Gasteiger partial charge in [-0.1, -0.05) is 6.42 Å². The highest BCUT2D eigenvalue weighted by Gasteiger charge is 2.34. The first kappa shape index (κ1) is 23.3. The van der Waals surface area contributed by atoms with Gasteiger partial charge >= 0.3 is 6.03 Å². The molecule has 0 spiro atoms. The van der Waals surface area contributed by atoms with E-state index in [2.05, 4.69) is 15.1 Å². The average Bonchev–Trinajstić information content (AvgIpc) is 3.28. The lowest BCUT2D eigenvalue weighted by Crippen LogP contribution is -2.52. The smallest absolute Gasteiger partial charge is 0.337 e. The fourth-order valence-corrected chi connectivity index (χ4v) is 4.59. The number of urea groups is 1. The molecule has 0 bridgehead atoms. The number of piperazine rings is 1. The van der Waals surface area contributed by atoms with Crippen molar-refractivity contribution in [2.75, 3.05) is 31.1 Å². The number of anilines is 1. The molecule has 8 nitrogen and oxygen atoms in total. The van der Waals surface area contributed by atoms with Gasteiger partial charge in [0.2, 0.25) is 5.95 Å². The van der Waals surface area contributed by atoms with Crippen LogP contribution in [0.4, 0.5) is 23.9 Å². The van der Waals surface area contributed by atoms with Crippen molar-refractivity contribution in [1.82, 2.24) is 19.9 Å². The number of carbonyl (C=O) groups is 2. The molecule has 1 aliphatic carbocycles. The highest BCUT2D eigenvalue weighted by atomic mass is 19.1. The van der Waals surface area contributed by atoms with Gasteiger partial charge in [-0.25, -0.2) is 32.9 Å². The SMILES string of the molecule is O=C(Cc1nc(N2CCN(C(=O)N3N=CC[C@H]3c3cc(F)cc(F)c3)CC2)ncc1F)C1CCC1. The van der Waals surface area contributed by atoms with Gasteiger partial charge in [0.1, 0.15) is 17.4 Å². The summed E-state index contributed by atoms with van der Waals surface area (Å²) >= 11 is 0. The molecule has 2 aliphatic heterocycles. The molecule has 3 heterocycles. The molecule has 0 radical (unpaired) electrons. The summed E-state index contributed by atoms with van der Waals surface area (Å²) in [5.74, 6) is -1.68. The van der Waals surface area contributed by atoms with Gasteiger partial charge in [0, 0.05) is 50.8 Å². The van der Waals surface area contributed by atoms with Crippen LogP contribution in [0.15, 0.2) is 29.5 Å². The number of Topliss-reactive ketones (excluding diaryl/α,β-unsaturated/α-hetero) is 1. The molecular weight excluding hydrogens is 461 g/mol. The van der Waals surface area contributed by atoms with Crippen molar-refractivity contribution < 1.29 is 22.8 Å². The lowest BCUT2D eigenvalue weighted by molar-refractivity contribution is -0.124. The zero-order valence-electron chi connectivity index (χ0n) is 19.0. The second kappa shape index (κ2) is 9.63. The van der Waals surface area contributed by atoms with Crippen LogP contribution in [0.3, 0.4) is 0 Å². The number of nitrogens with zero attached hydrogens (tertiary/aromatic N) is 6. The number of hydrogen-bond donors (Lipinski definition) is 0. The molecule has 35 heavy (non-hydrogen) atoms. The van der Waals surface area contributed by atoms with Crippen LogP contribution in [0.5, 0.6) is 0 Å². The molecule has 0 unspecified atom stereocenters. The van der Waals surface area contributed by atoms with E-state index in [4.69, 9.17) is 0 Å².